The number of hydrogen-bond donors (Lipinski definition) is 0. The topological polar surface area (TPSA) is 35.5 Å². The maximum Gasteiger partial charge on any atom is 0.337 e. The van der Waals surface area contributed by atoms with E-state index in [4.69, 9.17) is 9.47 Å². The van der Waals surface area contributed by atoms with Gasteiger partial charge in [-0.3, -0.25) is 0 Å². The van der Waals surface area contributed by atoms with E-state index in [-0.39, 0.29) is 12.1 Å². The summed E-state index contributed by atoms with van der Waals surface area (Å²) < 4.78 is 10.8. The molecular weight excluding hydrogens is 264 g/mol. The van der Waals surface area contributed by atoms with E-state index in [9.17, 15) is 4.79 Å². The van der Waals surface area contributed by atoms with E-state index in [0.717, 1.165) is 22.4 Å². The van der Waals surface area contributed by atoms with Crippen molar-refractivity contribution in [3.63, 3.8) is 0 Å². The Hall–Kier alpha value is -2.29. The van der Waals surface area contributed by atoms with Crippen LogP contribution >= 0.6 is 0 Å². The van der Waals surface area contributed by atoms with Crippen molar-refractivity contribution in [2.45, 2.75) is 26.9 Å². The predicted octanol–water partition coefficient (Wildman–Crippen LogP) is 4.23. The molecule has 0 unspecified atom stereocenters. The Morgan fingerprint density at radius 1 is 1.10 bits per heavy atom. The first-order chi connectivity index (χ1) is 10.0. The average Bonchev–Trinajstić information content (AvgIpc) is 2.50. The summed E-state index contributed by atoms with van der Waals surface area (Å²) in [5.74, 6) is 0.529. The summed E-state index contributed by atoms with van der Waals surface area (Å²) in [6.07, 6.45) is -0.143. The third-order valence-corrected chi connectivity index (χ3v) is 3.42. The zero-order valence-electron chi connectivity index (χ0n) is 12.8. The van der Waals surface area contributed by atoms with Gasteiger partial charge in [0.25, 0.3) is 0 Å². The molecule has 0 aliphatic carbocycles. The smallest absolute Gasteiger partial charge is 0.337 e. The minimum Gasteiger partial charge on any atom is -0.486 e. The van der Waals surface area contributed by atoms with E-state index in [1.807, 2.05) is 51.1 Å². The van der Waals surface area contributed by atoms with Crippen LogP contribution in [0.4, 0.5) is 0 Å². The van der Waals surface area contributed by atoms with E-state index in [0.29, 0.717) is 5.56 Å². The fourth-order valence-corrected chi connectivity index (χ4v) is 2.13. The molecule has 0 aliphatic heterocycles. The Bertz CT molecular complexity index is 647. The zero-order valence-corrected chi connectivity index (χ0v) is 12.8. The van der Waals surface area contributed by atoms with Crippen LogP contribution in [0.15, 0.2) is 42.5 Å². The first kappa shape index (κ1) is 15.1. The summed E-state index contributed by atoms with van der Waals surface area (Å²) in [6.45, 7) is 6.03. The monoisotopic (exact) mass is 284 g/mol. The molecular formula is C18H20O3. The Morgan fingerprint density at radius 3 is 2.57 bits per heavy atom. The normalized spacial score (nSPS) is 11.8. The lowest BCUT2D eigenvalue weighted by atomic mass is 10.1. The summed E-state index contributed by atoms with van der Waals surface area (Å²) in [4.78, 5) is 11.6. The molecule has 1 atom stereocenters. The summed E-state index contributed by atoms with van der Waals surface area (Å²) in [7, 11) is 1.38. The third-order valence-electron chi connectivity index (χ3n) is 3.42. The van der Waals surface area contributed by atoms with Crippen LogP contribution < -0.4 is 4.74 Å². The lowest BCUT2D eigenvalue weighted by Crippen LogP contribution is -2.07. The number of carbonyl (C=O) groups is 1. The average molecular weight is 284 g/mol. The molecule has 0 spiro atoms. The highest BCUT2D eigenvalue weighted by molar-refractivity contribution is 5.89. The minimum atomic E-state index is -0.337. The highest BCUT2D eigenvalue weighted by Crippen LogP contribution is 2.26. The molecule has 0 saturated carbocycles. The standard InChI is InChI=1S/C18H20O3/c1-12-8-9-13(2)17(10-12)21-14(3)15-6-5-7-16(11-15)18(19)20-4/h5-11,14H,1-4H3/t14-/m0/s1. The minimum absolute atomic E-state index is 0.143. The molecule has 0 bridgehead atoms. The first-order valence-electron chi connectivity index (χ1n) is 6.93. The SMILES string of the molecule is COC(=O)c1cccc([C@H](C)Oc2cc(C)ccc2C)c1. The van der Waals surface area contributed by atoms with Crippen molar-refractivity contribution in [2.24, 2.45) is 0 Å². The summed E-state index contributed by atoms with van der Waals surface area (Å²) in [6, 6.07) is 13.5. The van der Waals surface area contributed by atoms with Crippen molar-refractivity contribution < 1.29 is 14.3 Å². The van der Waals surface area contributed by atoms with Crippen molar-refractivity contribution in [1.82, 2.24) is 0 Å². The lowest BCUT2D eigenvalue weighted by Gasteiger charge is -2.17. The van der Waals surface area contributed by atoms with Gasteiger partial charge in [0.05, 0.1) is 12.7 Å². The van der Waals surface area contributed by atoms with Gasteiger partial charge in [0, 0.05) is 0 Å². The van der Waals surface area contributed by atoms with E-state index >= 15 is 0 Å². The number of rotatable bonds is 4. The molecule has 110 valence electrons. The van der Waals surface area contributed by atoms with Gasteiger partial charge in [-0.05, 0) is 55.7 Å². The van der Waals surface area contributed by atoms with Crippen LogP contribution in [0.3, 0.4) is 0 Å². The molecule has 0 N–H and O–H groups in total. The van der Waals surface area contributed by atoms with Crippen molar-refractivity contribution >= 4 is 5.97 Å². The molecule has 0 amide bonds. The van der Waals surface area contributed by atoms with Gasteiger partial charge >= 0.3 is 5.97 Å². The molecule has 2 aromatic carbocycles. The van der Waals surface area contributed by atoms with Crippen LogP contribution in [0.5, 0.6) is 5.75 Å². The maximum atomic E-state index is 11.6. The molecule has 0 heterocycles. The van der Waals surface area contributed by atoms with Gasteiger partial charge < -0.3 is 9.47 Å². The van der Waals surface area contributed by atoms with Crippen LogP contribution in [-0.2, 0) is 4.74 Å². The fourth-order valence-electron chi connectivity index (χ4n) is 2.13. The Balaban J connectivity index is 2.22. The fraction of sp³-hybridized carbons (Fsp3) is 0.278. The van der Waals surface area contributed by atoms with E-state index in [1.54, 1.807) is 6.07 Å². The van der Waals surface area contributed by atoms with E-state index < -0.39 is 0 Å². The predicted molar refractivity (Wildman–Crippen MR) is 82.7 cm³/mol. The number of esters is 1. The third kappa shape index (κ3) is 3.63. The first-order valence-corrected chi connectivity index (χ1v) is 6.93. The Morgan fingerprint density at radius 2 is 1.86 bits per heavy atom. The highest BCUT2D eigenvalue weighted by Gasteiger charge is 2.12. The molecule has 2 aromatic rings. The van der Waals surface area contributed by atoms with Gasteiger partial charge in [-0.15, -0.1) is 0 Å². The largest absolute Gasteiger partial charge is 0.486 e. The highest BCUT2D eigenvalue weighted by atomic mass is 16.5. The molecule has 0 aromatic heterocycles. The van der Waals surface area contributed by atoms with Gasteiger partial charge in [0.1, 0.15) is 11.9 Å². The van der Waals surface area contributed by atoms with Crippen molar-refractivity contribution in [3.05, 3.63) is 64.7 Å². The van der Waals surface area contributed by atoms with E-state index in [1.165, 1.54) is 7.11 Å². The summed E-state index contributed by atoms with van der Waals surface area (Å²) >= 11 is 0. The van der Waals surface area contributed by atoms with Gasteiger partial charge in [-0.1, -0.05) is 24.3 Å². The second-order valence-corrected chi connectivity index (χ2v) is 5.15. The maximum absolute atomic E-state index is 11.6. The number of carbonyl (C=O) groups excluding carboxylic acids is 1. The molecule has 0 aliphatic rings. The van der Waals surface area contributed by atoms with Crippen LogP contribution in [0, 0.1) is 13.8 Å². The Kier molecular flexibility index (Phi) is 4.63. The van der Waals surface area contributed by atoms with E-state index in [2.05, 4.69) is 6.07 Å². The van der Waals surface area contributed by atoms with Crippen LogP contribution in [0.1, 0.15) is 40.1 Å². The summed E-state index contributed by atoms with van der Waals surface area (Å²) in [5, 5.41) is 0. The molecule has 0 saturated heterocycles. The molecule has 2 rings (SSSR count). The number of methoxy groups -OCH3 is 1. The number of benzene rings is 2. The van der Waals surface area contributed by atoms with Crippen molar-refractivity contribution in [3.8, 4) is 5.75 Å². The second kappa shape index (κ2) is 6.44. The number of aryl methyl sites for hydroxylation is 2. The van der Waals surface area contributed by atoms with Gasteiger partial charge in [0.15, 0.2) is 0 Å². The van der Waals surface area contributed by atoms with Crippen LogP contribution in [0.2, 0.25) is 0 Å². The number of hydrogen-bond acceptors (Lipinski definition) is 3. The van der Waals surface area contributed by atoms with Crippen molar-refractivity contribution in [2.75, 3.05) is 7.11 Å². The van der Waals surface area contributed by atoms with Gasteiger partial charge in [-0.2, -0.15) is 0 Å². The zero-order chi connectivity index (χ0) is 15.4. The quantitative estimate of drug-likeness (QED) is 0.788. The molecule has 0 fully saturated rings. The molecule has 3 nitrogen and oxygen atoms in total. The van der Waals surface area contributed by atoms with Crippen molar-refractivity contribution in [1.29, 1.82) is 0 Å². The van der Waals surface area contributed by atoms with Crippen LogP contribution in [-0.4, -0.2) is 13.1 Å². The Labute approximate surface area is 125 Å². The van der Waals surface area contributed by atoms with Crippen LogP contribution in [0.25, 0.3) is 0 Å². The summed E-state index contributed by atoms with van der Waals surface area (Å²) in [5.41, 5.74) is 3.73. The van der Waals surface area contributed by atoms with Gasteiger partial charge in [0.2, 0.25) is 0 Å². The second-order valence-electron chi connectivity index (χ2n) is 5.15. The molecule has 0 radical (unpaired) electrons. The molecule has 21 heavy (non-hydrogen) atoms. The molecule has 3 heteroatoms. The van der Waals surface area contributed by atoms with Gasteiger partial charge in [-0.25, -0.2) is 4.79 Å². The number of ether oxygens (including phenoxy) is 2. The lowest BCUT2D eigenvalue weighted by molar-refractivity contribution is 0.0600.